The third-order valence-corrected chi connectivity index (χ3v) is 5.33. The van der Waals surface area contributed by atoms with Crippen molar-refractivity contribution in [3.63, 3.8) is 0 Å². The van der Waals surface area contributed by atoms with Gasteiger partial charge in [-0.3, -0.25) is 0 Å². The van der Waals surface area contributed by atoms with E-state index in [1.807, 2.05) is 30.3 Å². The second-order valence-electron chi connectivity index (χ2n) is 7.46. The van der Waals surface area contributed by atoms with Crippen LogP contribution in [0, 0.1) is 5.92 Å². The maximum absolute atomic E-state index is 5.38. The van der Waals surface area contributed by atoms with Crippen molar-refractivity contribution in [1.82, 2.24) is 9.97 Å². The summed E-state index contributed by atoms with van der Waals surface area (Å²) in [5.74, 6) is 3.04. The molecule has 1 saturated heterocycles. The van der Waals surface area contributed by atoms with Crippen molar-refractivity contribution in [3.8, 4) is 5.75 Å². The predicted molar refractivity (Wildman–Crippen MR) is 119 cm³/mol. The number of ether oxygens (including phenoxy) is 1. The molecule has 1 fully saturated rings. The van der Waals surface area contributed by atoms with Crippen LogP contribution >= 0.6 is 0 Å². The summed E-state index contributed by atoms with van der Waals surface area (Å²) >= 11 is 0. The Morgan fingerprint density at radius 2 is 1.62 bits per heavy atom. The van der Waals surface area contributed by atoms with Gasteiger partial charge in [-0.1, -0.05) is 19.1 Å². The lowest BCUT2D eigenvalue weighted by Crippen LogP contribution is -2.32. The maximum atomic E-state index is 5.38. The standard InChI is InChI=1S/C23H27N5O/c1-17-11-13-28(14-12-17)19-9-7-18(8-10-19)26-22-15-23(25-16-24-22)27-20-5-3-4-6-21(20)29-2/h3-10,15-17H,11-14H2,1-2H3,(H2,24,25,26,27). The van der Waals surface area contributed by atoms with Crippen molar-refractivity contribution < 1.29 is 4.74 Å². The molecular weight excluding hydrogens is 362 g/mol. The molecule has 3 aromatic rings. The summed E-state index contributed by atoms with van der Waals surface area (Å²) in [6, 6.07) is 18.2. The van der Waals surface area contributed by atoms with E-state index >= 15 is 0 Å². The molecule has 0 atom stereocenters. The second-order valence-corrected chi connectivity index (χ2v) is 7.46. The fourth-order valence-corrected chi connectivity index (χ4v) is 3.55. The fraction of sp³-hybridized carbons (Fsp3) is 0.304. The molecule has 1 aliphatic rings. The Morgan fingerprint density at radius 1 is 0.931 bits per heavy atom. The number of methoxy groups -OCH3 is 1. The number of aromatic nitrogens is 2. The van der Waals surface area contributed by atoms with Crippen LogP contribution in [0.15, 0.2) is 60.9 Å². The van der Waals surface area contributed by atoms with Crippen LogP contribution in [0.4, 0.5) is 28.7 Å². The molecule has 6 nitrogen and oxygen atoms in total. The first-order valence-electron chi connectivity index (χ1n) is 10.1. The van der Waals surface area contributed by atoms with Crippen molar-refractivity contribution in [3.05, 3.63) is 60.9 Å². The highest BCUT2D eigenvalue weighted by molar-refractivity contribution is 5.67. The molecule has 29 heavy (non-hydrogen) atoms. The molecule has 0 amide bonds. The minimum atomic E-state index is 0.700. The number of hydrogen-bond donors (Lipinski definition) is 2. The van der Waals surface area contributed by atoms with E-state index < -0.39 is 0 Å². The van der Waals surface area contributed by atoms with Crippen LogP contribution in [0.3, 0.4) is 0 Å². The molecule has 0 bridgehead atoms. The van der Waals surface area contributed by atoms with E-state index in [1.165, 1.54) is 18.5 Å². The highest BCUT2D eigenvalue weighted by Crippen LogP contribution is 2.28. The van der Waals surface area contributed by atoms with Crippen molar-refractivity contribution in [2.75, 3.05) is 35.7 Å². The van der Waals surface area contributed by atoms with Crippen LogP contribution in [0.1, 0.15) is 19.8 Å². The first kappa shape index (κ1) is 19.1. The van der Waals surface area contributed by atoms with Crippen molar-refractivity contribution >= 4 is 28.7 Å². The minimum Gasteiger partial charge on any atom is -0.495 e. The quantitative estimate of drug-likeness (QED) is 0.603. The van der Waals surface area contributed by atoms with E-state index in [4.69, 9.17) is 4.74 Å². The molecule has 0 spiro atoms. The molecule has 0 aliphatic carbocycles. The summed E-state index contributed by atoms with van der Waals surface area (Å²) in [7, 11) is 1.65. The third-order valence-electron chi connectivity index (χ3n) is 5.33. The smallest absolute Gasteiger partial charge is 0.142 e. The van der Waals surface area contributed by atoms with Crippen LogP contribution in [-0.2, 0) is 0 Å². The van der Waals surface area contributed by atoms with Gasteiger partial charge in [-0.25, -0.2) is 9.97 Å². The lowest BCUT2D eigenvalue weighted by Gasteiger charge is -2.32. The van der Waals surface area contributed by atoms with Gasteiger partial charge in [0.05, 0.1) is 12.8 Å². The lowest BCUT2D eigenvalue weighted by atomic mass is 9.99. The molecule has 150 valence electrons. The van der Waals surface area contributed by atoms with Gasteiger partial charge in [-0.15, -0.1) is 0 Å². The molecule has 2 heterocycles. The van der Waals surface area contributed by atoms with Gasteiger partial charge >= 0.3 is 0 Å². The summed E-state index contributed by atoms with van der Waals surface area (Å²) < 4.78 is 5.38. The Labute approximate surface area is 172 Å². The van der Waals surface area contributed by atoms with Crippen LogP contribution < -0.4 is 20.3 Å². The lowest BCUT2D eigenvalue weighted by molar-refractivity contribution is 0.417. The summed E-state index contributed by atoms with van der Waals surface area (Å²) in [5.41, 5.74) is 3.14. The number of hydrogen-bond acceptors (Lipinski definition) is 6. The summed E-state index contributed by atoms with van der Waals surface area (Å²) in [6.07, 6.45) is 4.08. The first-order valence-corrected chi connectivity index (χ1v) is 10.1. The molecular formula is C23H27N5O. The zero-order chi connectivity index (χ0) is 20.1. The summed E-state index contributed by atoms with van der Waals surface area (Å²) in [6.45, 7) is 4.61. The van der Waals surface area contributed by atoms with Crippen LogP contribution in [-0.4, -0.2) is 30.2 Å². The van der Waals surface area contributed by atoms with E-state index in [-0.39, 0.29) is 0 Å². The third kappa shape index (κ3) is 4.77. The molecule has 0 saturated carbocycles. The van der Waals surface area contributed by atoms with E-state index in [9.17, 15) is 0 Å². The van der Waals surface area contributed by atoms with Crippen molar-refractivity contribution in [2.24, 2.45) is 5.92 Å². The Hall–Kier alpha value is -3.28. The van der Waals surface area contributed by atoms with Gasteiger partial charge < -0.3 is 20.3 Å². The molecule has 0 radical (unpaired) electrons. The van der Waals surface area contributed by atoms with Crippen LogP contribution in [0.25, 0.3) is 0 Å². The van der Waals surface area contributed by atoms with Crippen molar-refractivity contribution in [1.29, 1.82) is 0 Å². The van der Waals surface area contributed by atoms with Crippen LogP contribution in [0.2, 0.25) is 0 Å². The Bertz CT molecular complexity index is 936. The molecule has 4 rings (SSSR count). The molecule has 2 N–H and O–H groups in total. The highest BCUT2D eigenvalue weighted by atomic mass is 16.5. The van der Waals surface area contributed by atoms with Gasteiger partial charge in [0, 0.05) is 30.5 Å². The normalized spacial score (nSPS) is 14.5. The topological polar surface area (TPSA) is 62.3 Å². The number of benzene rings is 2. The average Bonchev–Trinajstić information content (AvgIpc) is 2.76. The molecule has 0 unspecified atom stereocenters. The molecule has 6 heteroatoms. The van der Waals surface area contributed by atoms with E-state index in [0.29, 0.717) is 5.82 Å². The fourth-order valence-electron chi connectivity index (χ4n) is 3.55. The van der Waals surface area contributed by atoms with Crippen molar-refractivity contribution in [2.45, 2.75) is 19.8 Å². The van der Waals surface area contributed by atoms with E-state index in [0.717, 1.165) is 41.9 Å². The predicted octanol–water partition coefficient (Wildman–Crippen LogP) is 5.21. The Balaban J connectivity index is 1.42. The van der Waals surface area contributed by atoms with Gasteiger partial charge in [0.1, 0.15) is 23.7 Å². The van der Waals surface area contributed by atoms with Gasteiger partial charge in [-0.05, 0) is 55.2 Å². The van der Waals surface area contributed by atoms with E-state index in [1.54, 1.807) is 13.4 Å². The first-order chi connectivity index (χ1) is 14.2. The molecule has 1 aromatic heterocycles. The second kappa shape index (κ2) is 8.82. The number of piperidine rings is 1. The SMILES string of the molecule is COc1ccccc1Nc1cc(Nc2ccc(N3CCC(C)CC3)cc2)ncn1. The van der Waals surface area contributed by atoms with Gasteiger partial charge in [-0.2, -0.15) is 0 Å². The number of rotatable bonds is 6. The van der Waals surface area contributed by atoms with Gasteiger partial charge in [0.2, 0.25) is 0 Å². The molecule has 1 aliphatic heterocycles. The van der Waals surface area contributed by atoms with Gasteiger partial charge in [0.25, 0.3) is 0 Å². The summed E-state index contributed by atoms with van der Waals surface area (Å²) in [4.78, 5) is 11.1. The van der Waals surface area contributed by atoms with Crippen LogP contribution in [0.5, 0.6) is 5.75 Å². The van der Waals surface area contributed by atoms with Gasteiger partial charge in [0.15, 0.2) is 0 Å². The molecule has 2 aromatic carbocycles. The number of nitrogens with one attached hydrogen (secondary N) is 2. The van der Waals surface area contributed by atoms with E-state index in [2.05, 4.69) is 56.7 Å². The Kier molecular flexibility index (Phi) is 5.79. The monoisotopic (exact) mass is 389 g/mol. The largest absolute Gasteiger partial charge is 0.495 e. The minimum absolute atomic E-state index is 0.700. The maximum Gasteiger partial charge on any atom is 0.142 e. The Morgan fingerprint density at radius 3 is 2.34 bits per heavy atom. The number of anilines is 5. The number of para-hydroxylation sites is 2. The zero-order valence-corrected chi connectivity index (χ0v) is 16.9. The number of nitrogens with zero attached hydrogens (tertiary/aromatic N) is 3. The zero-order valence-electron chi connectivity index (χ0n) is 16.9. The highest BCUT2D eigenvalue weighted by Gasteiger charge is 2.15. The summed E-state index contributed by atoms with van der Waals surface area (Å²) in [5, 5.41) is 6.64. The average molecular weight is 390 g/mol.